The summed E-state index contributed by atoms with van der Waals surface area (Å²) < 4.78 is 11.1. The maximum Gasteiger partial charge on any atom is 0.153 e. The van der Waals surface area contributed by atoms with E-state index in [1.54, 1.807) is 0 Å². The fourth-order valence-corrected chi connectivity index (χ4v) is 1.39. The minimum atomic E-state index is -0.163. The molecule has 3 heteroatoms. The van der Waals surface area contributed by atoms with Gasteiger partial charge in [0.25, 0.3) is 0 Å². The molecule has 0 amide bonds. The first-order valence-corrected chi connectivity index (χ1v) is 5.75. The summed E-state index contributed by atoms with van der Waals surface area (Å²) in [6.45, 7) is 8.89. The lowest BCUT2D eigenvalue weighted by molar-refractivity contribution is -0.0163. The van der Waals surface area contributed by atoms with Crippen molar-refractivity contribution in [3.63, 3.8) is 0 Å². The second-order valence-electron chi connectivity index (χ2n) is 4.97. The molecule has 0 N–H and O–H groups in total. The fourth-order valence-electron chi connectivity index (χ4n) is 1.39. The van der Waals surface area contributed by atoms with Crippen LogP contribution in [-0.4, -0.2) is 25.1 Å². The molecule has 0 spiro atoms. The number of hydrogen-bond donors (Lipinski definition) is 0. The highest BCUT2D eigenvalue weighted by atomic mass is 16.5. The van der Waals surface area contributed by atoms with Gasteiger partial charge in [-0.05, 0) is 39.8 Å². The molecule has 0 bridgehead atoms. The third kappa shape index (κ3) is 5.00. The van der Waals surface area contributed by atoms with Crippen LogP contribution in [0.5, 0.6) is 5.75 Å². The van der Waals surface area contributed by atoms with Gasteiger partial charge in [-0.3, -0.25) is 4.79 Å². The number of benzene rings is 1. The van der Waals surface area contributed by atoms with Crippen molar-refractivity contribution in [1.82, 2.24) is 0 Å². The lowest BCUT2D eigenvalue weighted by Crippen LogP contribution is -2.22. The second kappa shape index (κ2) is 5.82. The molecular formula is C14H20O3. The van der Waals surface area contributed by atoms with E-state index in [-0.39, 0.29) is 5.60 Å². The molecule has 1 rings (SSSR count). The smallest absolute Gasteiger partial charge is 0.153 e. The topological polar surface area (TPSA) is 35.5 Å². The Bertz CT molecular complexity index is 378. The summed E-state index contributed by atoms with van der Waals surface area (Å²) in [6.07, 6.45) is 0.812. The van der Waals surface area contributed by atoms with E-state index < -0.39 is 0 Å². The van der Waals surface area contributed by atoms with Crippen molar-refractivity contribution >= 4 is 6.29 Å². The quantitative estimate of drug-likeness (QED) is 0.582. The van der Waals surface area contributed by atoms with Gasteiger partial charge in [0.1, 0.15) is 12.4 Å². The van der Waals surface area contributed by atoms with Crippen LogP contribution >= 0.6 is 0 Å². The molecule has 0 saturated heterocycles. The van der Waals surface area contributed by atoms with Crippen molar-refractivity contribution in [2.24, 2.45) is 0 Å². The van der Waals surface area contributed by atoms with E-state index in [0.717, 1.165) is 11.8 Å². The number of rotatable bonds is 5. The van der Waals surface area contributed by atoms with Gasteiger partial charge >= 0.3 is 0 Å². The minimum Gasteiger partial charge on any atom is -0.490 e. The van der Waals surface area contributed by atoms with Gasteiger partial charge in [0.05, 0.1) is 17.8 Å². The summed E-state index contributed by atoms with van der Waals surface area (Å²) in [5.41, 5.74) is 1.47. The maximum atomic E-state index is 10.9. The van der Waals surface area contributed by atoms with Crippen molar-refractivity contribution in [2.45, 2.75) is 33.3 Å². The molecule has 0 aliphatic rings. The van der Waals surface area contributed by atoms with E-state index in [1.807, 2.05) is 45.9 Å². The first kappa shape index (κ1) is 13.7. The van der Waals surface area contributed by atoms with E-state index in [2.05, 4.69) is 0 Å². The average Bonchev–Trinajstić information content (AvgIpc) is 2.24. The second-order valence-corrected chi connectivity index (χ2v) is 4.97. The molecule has 0 aliphatic carbocycles. The van der Waals surface area contributed by atoms with E-state index in [1.165, 1.54) is 0 Å². The lowest BCUT2D eigenvalue weighted by atomic mass is 10.1. The average molecular weight is 236 g/mol. The van der Waals surface area contributed by atoms with Crippen LogP contribution in [0, 0.1) is 6.92 Å². The SMILES string of the molecule is Cc1ccc(OCCOC(C)(C)C)c(C=O)c1. The Kier molecular flexibility index (Phi) is 4.70. The van der Waals surface area contributed by atoms with Crippen LogP contribution in [0.2, 0.25) is 0 Å². The van der Waals surface area contributed by atoms with E-state index >= 15 is 0 Å². The lowest BCUT2D eigenvalue weighted by Gasteiger charge is -2.19. The molecule has 1 aromatic carbocycles. The summed E-state index contributed by atoms with van der Waals surface area (Å²) in [5.74, 6) is 0.614. The van der Waals surface area contributed by atoms with Gasteiger partial charge in [-0.2, -0.15) is 0 Å². The van der Waals surface area contributed by atoms with Gasteiger partial charge < -0.3 is 9.47 Å². The van der Waals surface area contributed by atoms with Crippen molar-refractivity contribution in [1.29, 1.82) is 0 Å². The first-order valence-electron chi connectivity index (χ1n) is 5.75. The van der Waals surface area contributed by atoms with Crippen molar-refractivity contribution in [3.05, 3.63) is 29.3 Å². The van der Waals surface area contributed by atoms with E-state index in [0.29, 0.717) is 24.5 Å². The molecule has 1 aromatic rings. The summed E-state index contributed by atoms with van der Waals surface area (Å²) in [4.78, 5) is 10.9. The molecule has 0 aromatic heterocycles. The molecule has 0 unspecified atom stereocenters. The summed E-state index contributed by atoms with van der Waals surface area (Å²) >= 11 is 0. The van der Waals surface area contributed by atoms with Crippen LogP contribution in [0.25, 0.3) is 0 Å². The first-order chi connectivity index (χ1) is 7.92. The highest BCUT2D eigenvalue weighted by molar-refractivity contribution is 5.79. The zero-order valence-corrected chi connectivity index (χ0v) is 10.9. The van der Waals surface area contributed by atoms with Crippen LogP contribution in [0.15, 0.2) is 18.2 Å². The fraction of sp³-hybridized carbons (Fsp3) is 0.500. The Morgan fingerprint density at radius 1 is 1.24 bits per heavy atom. The van der Waals surface area contributed by atoms with Crippen molar-refractivity contribution < 1.29 is 14.3 Å². The predicted molar refractivity (Wildman–Crippen MR) is 67.8 cm³/mol. The zero-order valence-electron chi connectivity index (χ0n) is 10.9. The number of aryl methyl sites for hydroxylation is 1. The molecule has 0 radical (unpaired) electrons. The molecule has 94 valence electrons. The maximum absolute atomic E-state index is 10.9. The van der Waals surface area contributed by atoms with Gasteiger partial charge in [0.2, 0.25) is 0 Å². The van der Waals surface area contributed by atoms with Crippen LogP contribution in [0.3, 0.4) is 0 Å². The van der Waals surface area contributed by atoms with Crippen LogP contribution in [0.4, 0.5) is 0 Å². The molecule has 17 heavy (non-hydrogen) atoms. The van der Waals surface area contributed by atoms with Crippen molar-refractivity contribution in [2.75, 3.05) is 13.2 Å². The molecule has 0 saturated carbocycles. The van der Waals surface area contributed by atoms with Crippen LogP contribution in [-0.2, 0) is 4.74 Å². The summed E-state index contributed by atoms with van der Waals surface area (Å²) in [5, 5.41) is 0. The Balaban J connectivity index is 2.49. The standard InChI is InChI=1S/C14H20O3/c1-11-5-6-13(12(9-11)10-15)16-7-8-17-14(2,3)4/h5-6,9-10H,7-8H2,1-4H3. The van der Waals surface area contributed by atoms with Crippen molar-refractivity contribution in [3.8, 4) is 5.75 Å². The summed E-state index contributed by atoms with van der Waals surface area (Å²) in [7, 11) is 0. The summed E-state index contributed by atoms with van der Waals surface area (Å²) in [6, 6.07) is 5.55. The number of ether oxygens (including phenoxy) is 2. The normalized spacial score (nSPS) is 11.3. The zero-order chi connectivity index (χ0) is 12.9. The van der Waals surface area contributed by atoms with Crippen LogP contribution in [0.1, 0.15) is 36.7 Å². The minimum absolute atomic E-state index is 0.163. The number of aldehydes is 1. The van der Waals surface area contributed by atoms with E-state index in [4.69, 9.17) is 9.47 Å². The van der Waals surface area contributed by atoms with E-state index in [9.17, 15) is 4.79 Å². The van der Waals surface area contributed by atoms with Gasteiger partial charge in [-0.1, -0.05) is 11.6 Å². The largest absolute Gasteiger partial charge is 0.490 e. The highest BCUT2D eigenvalue weighted by Crippen LogP contribution is 2.18. The molecule has 3 nitrogen and oxygen atoms in total. The van der Waals surface area contributed by atoms with Gasteiger partial charge in [-0.25, -0.2) is 0 Å². The van der Waals surface area contributed by atoms with Gasteiger partial charge in [-0.15, -0.1) is 0 Å². The monoisotopic (exact) mass is 236 g/mol. The molecule has 0 aliphatic heterocycles. The Hall–Kier alpha value is -1.35. The third-order valence-electron chi connectivity index (χ3n) is 2.17. The Morgan fingerprint density at radius 2 is 1.94 bits per heavy atom. The molecular weight excluding hydrogens is 216 g/mol. The highest BCUT2D eigenvalue weighted by Gasteiger charge is 2.09. The number of carbonyl (C=O) groups is 1. The number of hydrogen-bond acceptors (Lipinski definition) is 3. The molecule has 0 heterocycles. The van der Waals surface area contributed by atoms with Gasteiger partial charge in [0.15, 0.2) is 6.29 Å². The predicted octanol–water partition coefficient (Wildman–Crippen LogP) is 3.00. The molecule has 0 atom stereocenters. The third-order valence-corrected chi connectivity index (χ3v) is 2.17. The van der Waals surface area contributed by atoms with Crippen LogP contribution < -0.4 is 4.74 Å². The Morgan fingerprint density at radius 3 is 2.53 bits per heavy atom. The van der Waals surface area contributed by atoms with Gasteiger partial charge in [0, 0.05) is 0 Å². The Labute approximate surface area is 103 Å². The number of carbonyl (C=O) groups excluding carboxylic acids is 1. The molecule has 0 fully saturated rings.